The maximum Gasteiger partial charge on any atom is 0.341 e. The Morgan fingerprint density at radius 3 is 2.44 bits per heavy atom. The van der Waals surface area contributed by atoms with E-state index in [-0.39, 0.29) is 30.3 Å². The molecule has 1 heterocycles. The highest BCUT2D eigenvalue weighted by Crippen LogP contribution is 2.47. The van der Waals surface area contributed by atoms with Gasteiger partial charge in [-0.1, -0.05) is 32.4 Å². The van der Waals surface area contributed by atoms with Crippen molar-refractivity contribution in [1.82, 2.24) is 0 Å². The number of carboxylic acids is 1. The number of carboxylic acid groups (broad SMARTS) is 1. The third-order valence-electron chi connectivity index (χ3n) is 6.25. The molecule has 1 aromatic carbocycles. The van der Waals surface area contributed by atoms with E-state index in [1.165, 1.54) is 0 Å². The molecule has 0 spiro atoms. The number of carbonyl (C=O) groups is 2. The zero-order valence-corrected chi connectivity index (χ0v) is 22.9. The van der Waals surface area contributed by atoms with E-state index in [9.17, 15) is 19.8 Å². The summed E-state index contributed by atoms with van der Waals surface area (Å²) >= 11 is 0. The first kappa shape index (κ1) is 28.1. The van der Waals surface area contributed by atoms with Crippen molar-refractivity contribution < 1.29 is 33.7 Å². The first-order valence-electron chi connectivity index (χ1n) is 11.9. The summed E-state index contributed by atoms with van der Waals surface area (Å²) in [6.07, 6.45) is 2.96. The van der Waals surface area contributed by atoms with Crippen LogP contribution in [-0.4, -0.2) is 44.9 Å². The molecular weight excluding hydrogens is 452 g/mol. The number of cyclic esters (lactones) is 1. The summed E-state index contributed by atoms with van der Waals surface area (Å²) in [6.45, 7) is 14.1. The van der Waals surface area contributed by atoms with Crippen LogP contribution in [0, 0.1) is 12.8 Å². The number of carbonyl (C=O) groups excluding carboxylic acids is 1. The number of aliphatic hydroxyl groups excluding tert-OH is 1. The van der Waals surface area contributed by atoms with Crippen molar-refractivity contribution in [1.29, 1.82) is 0 Å². The predicted molar refractivity (Wildman–Crippen MR) is 134 cm³/mol. The number of hydrogen-bond donors (Lipinski definition) is 2. The first-order chi connectivity index (χ1) is 15.8. The lowest BCUT2D eigenvalue weighted by Gasteiger charge is -2.28. The predicted octanol–water partition coefficient (Wildman–Crippen LogP) is 4.82. The summed E-state index contributed by atoms with van der Waals surface area (Å²) in [4.78, 5) is 24.5. The van der Waals surface area contributed by atoms with E-state index in [0.29, 0.717) is 30.6 Å². The van der Waals surface area contributed by atoms with E-state index in [1.54, 1.807) is 7.11 Å². The Labute approximate surface area is 204 Å². The Kier molecular flexibility index (Phi) is 9.50. The molecule has 1 aliphatic heterocycles. The molecule has 2 N–H and O–H groups in total. The number of hydrogen-bond acceptors (Lipinski definition) is 6. The minimum absolute atomic E-state index is 0.0131. The van der Waals surface area contributed by atoms with Crippen LogP contribution in [0.1, 0.15) is 85.9 Å². The van der Waals surface area contributed by atoms with Gasteiger partial charge in [-0.2, -0.15) is 0 Å². The molecular formula is C26H40O7Si. The Balaban J connectivity index is 2.66. The average Bonchev–Trinajstić information content (AvgIpc) is 3.03. The van der Waals surface area contributed by atoms with E-state index >= 15 is 0 Å². The van der Waals surface area contributed by atoms with E-state index < -0.39 is 21.3 Å². The average molecular weight is 493 g/mol. The summed E-state index contributed by atoms with van der Waals surface area (Å²) < 4.78 is 17.6. The van der Waals surface area contributed by atoms with Crippen molar-refractivity contribution in [2.45, 2.75) is 85.1 Å². The number of aliphatic hydroxyl groups is 1. The van der Waals surface area contributed by atoms with E-state index in [0.717, 1.165) is 27.8 Å². The molecule has 1 aliphatic rings. The smallest absolute Gasteiger partial charge is 0.341 e. The molecule has 2 unspecified atom stereocenters. The standard InChI is InChI=1S/C26H40O7Si/c1-15(17(10-9-13-27)14-19(28)29)11-12-18-22(26(3,4)5)21-20(16(2)23(18)31-6)25(32-24(21)30)33-34(7)8/h11,17,25,27,34H,9-10,12-14H2,1-8H3,(H,28,29). The van der Waals surface area contributed by atoms with Gasteiger partial charge in [-0.15, -0.1) is 0 Å². The van der Waals surface area contributed by atoms with Gasteiger partial charge in [0.05, 0.1) is 19.1 Å². The molecule has 0 saturated carbocycles. The van der Waals surface area contributed by atoms with Crippen LogP contribution < -0.4 is 4.74 Å². The number of esters is 1. The highest BCUT2D eigenvalue weighted by Gasteiger charge is 2.41. The number of benzene rings is 1. The molecule has 0 aliphatic carbocycles. The van der Waals surface area contributed by atoms with Crippen LogP contribution in [0.2, 0.25) is 13.1 Å². The van der Waals surface area contributed by atoms with E-state index in [4.69, 9.17) is 13.9 Å². The number of allylic oxidation sites excluding steroid dienone is 2. The lowest BCUT2D eigenvalue weighted by molar-refractivity contribution is -0.137. The summed E-state index contributed by atoms with van der Waals surface area (Å²) in [5.41, 5.74) is 4.51. The van der Waals surface area contributed by atoms with Crippen LogP contribution in [0.25, 0.3) is 0 Å². The molecule has 0 radical (unpaired) electrons. The molecule has 8 heteroatoms. The molecule has 7 nitrogen and oxygen atoms in total. The van der Waals surface area contributed by atoms with Crippen LogP contribution in [0.15, 0.2) is 11.6 Å². The maximum absolute atomic E-state index is 13.1. The number of methoxy groups -OCH3 is 1. The largest absolute Gasteiger partial charge is 0.496 e. The van der Waals surface area contributed by atoms with Gasteiger partial charge in [-0.25, -0.2) is 4.79 Å². The summed E-state index contributed by atoms with van der Waals surface area (Å²) in [6, 6.07) is 0. The molecule has 0 bridgehead atoms. The van der Waals surface area contributed by atoms with Crippen molar-refractivity contribution in [3.63, 3.8) is 0 Å². The van der Waals surface area contributed by atoms with Gasteiger partial charge >= 0.3 is 11.9 Å². The van der Waals surface area contributed by atoms with Crippen LogP contribution in [0.4, 0.5) is 0 Å². The van der Waals surface area contributed by atoms with Gasteiger partial charge in [0.2, 0.25) is 6.29 Å². The molecule has 0 fully saturated rings. The number of aliphatic carboxylic acids is 1. The number of fused-ring (bicyclic) bond motifs is 1. The van der Waals surface area contributed by atoms with Crippen molar-refractivity contribution in [3.8, 4) is 5.75 Å². The van der Waals surface area contributed by atoms with Crippen molar-refractivity contribution in [3.05, 3.63) is 39.5 Å². The third kappa shape index (κ3) is 6.28. The molecule has 0 amide bonds. The second-order valence-electron chi connectivity index (χ2n) is 10.3. The molecule has 34 heavy (non-hydrogen) atoms. The van der Waals surface area contributed by atoms with Gasteiger partial charge in [0, 0.05) is 23.3 Å². The topological polar surface area (TPSA) is 102 Å². The zero-order valence-electron chi connectivity index (χ0n) is 21.8. The fourth-order valence-electron chi connectivity index (χ4n) is 4.77. The SMILES string of the molecule is COc1c(C)c2c(c(C(C)(C)C)c1CC=C(C)C(CCCO)CC(=O)O)C(=O)OC2O[SiH](C)C. The first-order valence-corrected chi connectivity index (χ1v) is 14.7. The lowest BCUT2D eigenvalue weighted by atomic mass is 9.76. The van der Waals surface area contributed by atoms with Gasteiger partial charge in [0.25, 0.3) is 0 Å². The third-order valence-corrected chi connectivity index (χ3v) is 7.04. The second kappa shape index (κ2) is 11.5. The highest BCUT2D eigenvalue weighted by molar-refractivity contribution is 6.48. The van der Waals surface area contributed by atoms with Gasteiger partial charge in [0.1, 0.15) is 5.75 Å². The van der Waals surface area contributed by atoms with Gasteiger partial charge in [-0.05, 0) is 63.1 Å². The van der Waals surface area contributed by atoms with Crippen LogP contribution >= 0.6 is 0 Å². The van der Waals surface area contributed by atoms with E-state index in [2.05, 4.69) is 20.8 Å². The number of ether oxygens (including phenoxy) is 2. The van der Waals surface area contributed by atoms with Crippen LogP contribution in [0.3, 0.4) is 0 Å². The molecule has 1 aromatic rings. The molecule has 190 valence electrons. The fraction of sp³-hybridized carbons (Fsp3) is 0.615. The lowest BCUT2D eigenvalue weighted by Crippen LogP contribution is -2.21. The number of rotatable bonds is 11. The van der Waals surface area contributed by atoms with Crippen LogP contribution in [0.5, 0.6) is 5.75 Å². The van der Waals surface area contributed by atoms with Gasteiger partial charge < -0.3 is 24.1 Å². The second-order valence-corrected chi connectivity index (χ2v) is 12.7. The molecule has 0 aromatic heterocycles. The van der Waals surface area contributed by atoms with Gasteiger partial charge in [0.15, 0.2) is 9.04 Å². The Morgan fingerprint density at radius 1 is 1.29 bits per heavy atom. The molecule has 2 atom stereocenters. The normalized spacial score (nSPS) is 17.1. The highest BCUT2D eigenvalue weighted by atomic mass is 28.3. The zero-order chi connectivity index (χ0) is 25.8. The summed E-state index contributed by atoms with van der Waals surface area (Å²) in [7, 11) is 0.147. The summed E-state index contributed by atoms with van der Waals surface area (Å²) in [5, 5.41) is 18.6. The minimum atomic E-state index is -1.48. The fourth-order valence-corrected chi connectivity index (χ4v) is 5.45. The van der Waals surface area contributed by atoms with Crippen molar-refractivity contribution in [2.24, 2.45) is 5.92 Å². The van der Waals surface area contributed by atoms with Gasteiger partial charge in [-0.3, -0.25) is 4.79 Å². The Morgan fingerprint density at radius 2 is 1.94 bits per heavy atom. The minimum Gasteiger partial charge on any atom is -0.496 e. The monoisotopic (exact) mass is 492 g/mol. The van der Waals surface area contributed by atoms with Crippen molar-refractivity contribution in [2.75, 3.05) is 13.7 Å². The summed E-state index contributed by atoms with van der Waals surface area (Å²) in [5.74, 6) is -0.698. The molecule has 0 saturated heterocycles. The Hall–Kier alpha value is -2.16. The quantitative estimate of drug-likeness (QED) is 0.259. The Bertz CT molecular complexity index is 944. The molecule has 2 rings (SSSR count). The maximum atomic E-state index is 13.1. The van der Waals surface area contributed by atoms with Crippen LogP contribution in [-0.2, 0) is 25.8 Å². The van der Waals surface area contributed by atoms with Crippen molar-refractivity contribution >= 4 is 21.0 Å². The van der Waals surface area contributed by atoms with E-state index in [1.807, 2.05) is 33.0 Å².